The molecule has 0 atom stereocenters. The topological polar surface area (TPSA) is 65.8 Å². The Morgan fingerprint density at radius 1 is 1.05 bits per heavy atom. The van der Waals surface area contributed by atoms with Gasteiger partial charge in [0, 0.05) is 29.9 Å². The van der Waals surface area contributed by atoms with E-state index in [4.69, 9.17) is 25.8 Å². The van der Waals surface area contributed by atoms with Crippen LogP contribution in [0.5, 0.6) is 17.2 Å². The molecule has 0 bridgehead atoms. The van der Waals surface area contributed by atoms with Gasteiger partial charge in [0.1, 0.15) is 5.75 Å². The highest BCUT2D eigenvalue weighted by atomic mass is 35.5. The molecule has 5 rings (SSSR count). The highest BCUT2D eigenvalue weighted by molar-refractivity contribution is 6.34. The highest BCUT2D eigenvalue weighted by Gasteiger charge is 2.40. The number of amides is 1. The molecular formula is C26H19ClF3N3O4. The first-order valence-corrected chi connectivity index (χ1v) is 11.3. The fourth-order valence-electron chi connectivity index (χ4n) is 4.02. The molecule has 2 heterocycles. The molecule has 11 heteroatoms. The standard InChI is InChI=1S/C26H19ClF3N3O4/c1-32(16-10-11-20-21(13-16)37-14-36-20)25(34)15-6-5-7-17(12-15)33-23(18-8-3-4-9-19(18)35-2)22(27)24(31-33)26(28,29)30/h3-13H,14H2,1-2H3. The molecule has 1 aromatic heterocycles. The first-order valence-electron chi connectivity index (χ1n) is 11.0. The highest BCUT2D eigenvalue weighted by Crippen LogP contribution is 2.43. The van der Waals surface area contributed by atoms with E-state index in [1.165, 1.54) is 18.1 Å². The van der Waals surface area contributed by atoms with E-state index in [1.54, 1.807) is 67.7 Å². The van der Waals surface area contributed by atoms with Crippen LogP contribution in [-0.2, 0) is 6.18 Å². The number of carbonyl (C=O) groups is 1. The summed E-state index contributed by atoms with van der Waals surface area (Å²) in [5, 5.41) is 3.22. The average molecular weight is 530 g/mol. The Labute approximate surface area is 214 Å². The van der Waals surface area contributed by atoms with Crippen LogP contribution in [0, 0.1) is 0 Å². The number of methoxy groups -OCH3 is 1. The van der Waals surface area contributed by atoms with Gasteiger partial charge in [-0.3, -0.25) is 4.79 Å². The third kappa shape index (κ3) is 4.44. The Bertz CT molecular complexity index is 1500. The Kier molecular flexibility index (Phi) is 6.20. The smallest absolute Gasteiger partial charge is 0.436 e. The quantitative estimate of drug-likeness (QED) is 0.307. The van der Waals surface area contributed by atoms with Crippen LogP contribution >= 0.6 is 11.6 Å². The molecule has 0 aliphatic carbocycles. The molecule has 0 unspecified atom stereocenters. The minimum Gasteiger partial charge on any atom is -0.496 e. The van der Waals surface area contributed by atoms with Crippen molar-refractivity contribution in [2.24, 2.45) is 0 Å². The van der Waals surface area contributed by atoms with Crippen molar-refractivity contribution in [3.8, 4) is 34.2 Å². The summed E-state index contributed by atoms with van der Waals surface area (Å²) in [7, 11) is 2.99. The predicted molar refractivity (Wildman–Crippen MR) is 131 cm³/mol. The van der Waals surface area contributed by atoms with Gasteiger partial charge in [-0.15, -0.1) is 0 Å². The first-order chi connectivity index (χ1) is 17.7. The summed E-state index contributed by atoms with van der Waals surface area (Å²) >= 11 is 6.25. The van der Waals surface area contributed by atoms with Crippen molar-refractivity contribution in [3.63, 3.8) is 0 Å². The number of benzene rings is 3. The molecule has 1 aliphatic rings. The second-order valence-electron chi connectivity index (χ2n) is 8.07. The van der Waals surface area contributed by atoms with Crippen LogP contribution in [0.25, 0.3) is 16.9 Å². The van der Waals surface area contributed by atoms with Crippen LogP contribution in [0.3, 0.4) is 0 Å². The molecule has 0 fully saturated rings. The molecule has 0 saturated carbocycles. The van der Waals surface area contributed by atoms with Gasteiger partial charge in [0.05, 0.1) is 23.5 Å². The van der Waals surface area contributed by atoms with Crippen molar-refractivity contribution in [1.82, 2.24) is 9.78 Å². The van der Waals surface area contributed by atoms with Crippen LogP contribution in [0.1, 0.15) is 16.1 Å². The Morgan fingerprint density at radius 3 is 2.57 bits per heavy atom. The van der Waals surface area contributed by atoms with Crippen LogP contribution in [-0.4, -0.2) is 36.6 Å². The van der Waals surface area contributed by atoms with Gasteiger partial charge in [-0.2, -0.15) is 18.3 Å². The van der Waals surface area contributed by atoms with Gasteiger partial charge < -0.3 is 19.1 Å². The summed E-state index contributed by atoms with van der Waals surface area (Å²) in [5.41, 5.74) is 0.0413. The predicted octanol–water partition coefficient (Wildman–Crippen LogP) is 6.23. The monoisotopic (exact) mass is 529 g/mol. The number of ether oxygens (including phenoxy) is 3. The largest absolute Gasteiger partial charge is 0.496 e. The molecular weight excluding hydrogens is 511 g/mol. The number of anilines is 1. The molecule has 3 aromatic carbocycles. The van der Waals surface area contributed by atoms with E-state index in [9.17, 15) is 18.0 Å². The molecule has 7 nitrogen and oxygen atoms in total. The van der Waals surface area contributed by atoms with Crippen LogP contribution < -0.4 is 19.1 Å². The number of rotatable bonds is 5. The molecule has 0 radical (unpaired) electrons. The zero-order valence-electron chi connectivity index (χ0n) is 19.5. The molecule has 190 valence electrons. The van der Waals surface area contributed by atoms with Crippen LogP contribution in [0.2, 0.25) is 5.02 Å². The van der Waals surface area contributed by atoms with Crippen LogP contribution in [0.4, 0.5) is 18.9 Å². The lowest BCUT2D eigenvalue weighted by atomic mass is 10.1. The number of hydrogen-bond acceptors (Lipinski definition) is 5. The van der Waals surface area contributed by atoms with Crippen molar-refractivity contribution in [2.75, 3.05) is 25.9 Å². The van der Waals surface area contributed by atoms with E-state index in [2.05, 4.69) is 5.10 Å². The first kappa shape index (κ1) is 24.5. The summed E-state index contributed by atoms with van der Waals surface area (Å²) in [6.07, 6.45) is -4.80. The number of halogens is 4. The van der Waals surface area contributed by atoms with E-state index < -0.39 is 22.8 Å². The van der Waals surface area contributed by atoms with E-state index in [-0.39, 0.29) is 23.7 Å². The lowest BCUT2D eigenvalue weighted by Crippen LogP contribution is -2.26. The molecule has 0 spiro atoms. The zero-order chi connectivity index (χ0) is 26.3. The summed E-state index contributed by atoms with van der Waals surface area (Å²) in [6, 6.07) is 17.7. The number of aromatic nitrogens is 2. The third-order valence-electron chi connectivity index (χ3n) is 5.84. The number of carbonyl (C=O) groups excluding carboxylic acids is 1. The maximum atomic E-state index is 13.8. The maximum absolute atomic E-state index is 13.8. The maximum Gasteiger partial charge on any atom is 0.436 e. The van der Waals surface area contributed by atoms with Crippen molar-refractivity contribution < 1.29 is 32.2 Å². The van der Waals surface area contributed by atoms with Crippen molar-refractivity contribution in [1.29, 1.82) is 0 Å². The van der Waals surface area contributed by atoms with Gasteiger partial charge >= 0.3 is 6.18 Å². The molecule has 4 aromatic rings. The normalized spacial score (nSPS) is 12.5. The minimum atomic E-state index is -4.80. The van der Waals surface area contributed by atoms with Crippen molar-refractivity contribution >= 4 is 23.2 Å². The number of alkyl halides is 3. The van der Waals surface area contributed by atoms with Gasteiger partial charge in [0.2, 0.25) is 6.79 Å². The summed E-state index contributed by atoms with van der Waals surface area (Å²) in [4.78, 5) is 14.7. The van der Waals surface area contributed by atoms with Gasteiger partial charge in [0.15, 0.2) is 17.2 Å². The second-order valence-corrected chi connectivity index (χ2v) is 8.45. The molecule has 0 saturated heterocycles. The van der Waals surface area contributed by atoms with E-state index >= 15 is 0 Å². The molecule has 0 N–H and O–H groups in total. The Balaban J connectivity index is 1.58. The average Bonchev–Trinajstić information content (AvgIpc) is 3.51. The number of fused-ring (bicyclic) bond motifs is 1. The lowest BCUT2D eigenvalue weighted by molar-refractivity contribution is -0.141. The van der Waals surface area contributed by atoms with Gasteiger partial charge in [-0.1, -0.05) is 29.8 Å². The number of para-hydroxylation sites is 1. The Hall–Kier alpha value is -4.18. The van der Waals surface area contributed by atoms with E-state index in [0.717, 1.165) is 4.68 Å². The molecule has 37 heavy (non-hydrogen) atoms. The summed E-state index contributed by atoms with van der Waals surface area (Å²) < 4.78 is 58.5. The second kappa shape index (κ2) is 9.36. The van der Waals surface area contributed by atoms with Gasteiger partial charge in [0.25, 0.3) is 5.91 Å². The van der Waals surface area contributed by atoms with E-state index in [1.807, 2.05) is 0 Å². The fourth-order valence-corrected chi connectivity index (χ4v) is 4.34. The number of nitrogens with zero attached hydrogens (tertiary/aromatic N) is 3. The fraction of sp³-hybridized carbons (Fsp3) is 0.154. The third-order valence-corrected chi connectivity index (χ3v) is 6.20. The Morgan fingerprint density at radius 2 is 1.81 bits per heavy atom. The zero-order valence-corrected chi connectivity index (χ0v) is 20.3. The summed E-state index contributed by atoms with van der Waals surface area (Å²) in [5.74, 6) is 1.01. The molecule has 1 aliphatic heterocycles. The SMILES string of the molecule is COc1ccccc1-c1c(Cl)c(C(F)(F)F)nn1-c1cccc(C(=O)N(C)c2ccc3c(c2)OCO3)c1. The number of hydrogen-bond donors (Lipinski definition) is 0. The van der Waals surface area contributed by atoms with Gasteiger partial charge in [-0.25, -0.2) is 4.68 Å². The van der Waals surface area contributed by atoms with E-state index in [0.29, 0.717) is 28.5 Å². The minimum absolute atomic E-state index is 0.0137. The molecule has 1 amide bonds. The summed E-state index contributed by atoms with van der Waals surface area (Å²) in [6.45, 7) is 0.0966. The van der Waals surface area contributed by atoms with Crippen molar-refractivity contribution in [3.05, 3.63) is 83.0 Å². The lowest BCUT2D eigenvalue weighted by Gasteiger charge is -2.18. The van der Waals surface area contributed by atoms with Gasteiger partial charge in [-0.05, 0) is 42.5 Å². The van der Waals surface area contributed by atoms with Crippen LogP contribution in [0.15, 0.2) is 66.7 Å². The van der Waals surface area contributed by atoms with Crippen molar-refractivity contribution in [2.45, 2.75) is 6.18 Å².